The number of nitro benzene ring substituents is 2. The molecule has 0 aliphatic heterocycles. The lowest BCUT2D eigenvalue weighted by Crippen LogP contribution is -2.11. The summed E-state index contributed by atoms with van der Waals surface area (Å²) in [6.07, 6.45) is 0.314. The molecule has 122 valence electrons. The van der Waals surface area contributed by atoms with Crippen molar-refractivity contribution < 1.29 is 14.6 Å². The quantitative estimate of drug-likeness (QED) is 0.374. The number of hydrogen-bond donors (Lipinski definition) is 1. The topological polar surface area (TPSA) is 127 Å². The molecule has 0 saturated heterocycles. The molecule has 2 aromatic rings. The van der Waals surface area contributed by atoms with E-state index in [1.54, 1.807) is 6.92 Å². The number of carbonyl (C=O) groups is 1. The third kappa shape index (κ3) is 3.32. The molecule has 8 heteroatoms. The van der Waals surface area contributed by atoms with Crippen molar-refractivity contribution in [2.75, 3.05) is 0 Å². The predicted octanol–water partition coefficient (Wildman–Crippen LogP) is 3.78. The van der Waals surface area contributed by atoms with Gasteiger partial charge in [-0.15, -0.1) is 0 Å². The molecule has 24 heavy (non-hydrogen) atoms. The molecule has 1 N–H and O–H groups in total. The minimum atomic E-state index is -0.699. The molecular formula is C16H13N3O5. The van der Waals surface area contributed by atoms with Gasteiger partial charge in [-0.25, -0.2) is 0 Å². The maximum Gasteiger partial charge on any atom is 0.284 e. The zero-order valence-electron chi connectivity index (χ0n) is 12.7. The summed E-state index contributed by atoms with van der Waals surface area (Å²) >= 11 is 0. The molecule has 2 rings (SSSR count). The highest BCUT2D eigenvalue weighted by atomic mass is 16.6. The molecule has 0 spiro atoms. The molecule has 0 aliphatic rings. The van der Waals surface area contributed by atoms with Gasteiger partial charge in [0.15, 0.2) is 0 Å². The van der Waals surface area contributed by atoms with E-state index >= 15 is 0 Å². The first-order valence-electron chi connectivity index (χ1n) is 7.00. The van der Waals surface area contributed by atoms with Gasteiger partial charge in [0.2, 0.25) is 5.78 Å². The predicted molar refractivity (Wildman–Crippen MR) is 87.5 cm³/mol. The second-order valence-corrected chi connectivity index (χ2v) is 4.95. The molecule has 0 heterocycles. The van der Waals surface area contributed by atoms with Crippen LogP contribution >= 0.6 is 0 Å². The van der Waals surface area contributed by atoms with Crippen LogP contribution in [0.3, 0.4) is 0 Å². The largest absolute Gasteiger partial charge is 0.301 e. The van der Waals surface area contributed by atoms with Crippen LogP contribution in [0.2, 0.25) is 0 Å². The van der Waals surface area contributed by atoms with Gasteiger partial charge in [-0.2, -0.15) is 0 Å². The van der Waals surface area contributed by atoms with Crippen LogP contribution in [0, 0.1) is 25.6 Å². The molecule has 0 fully saturated rings. The summed E-state index contributed by atoms with van der Waals surface area (Å²) in [6.45, 7) is 1.70. The Bertz CT molecular complexity index is 843. The fourth-order valence-corrected chi connectivity index (χ4v) is 2.16. The SMILES string of the molecule is CCC(=N)C(=O)c1ccc(-c2ccc([N+](=O)[O-])cc2[N+](=O)[O-])cc1. The third-order valence-corrected chi connectivity index (χ3v) is 3.47. The highest BCUT2D eigenvalue weighted by molar-refractivity contribution is 6.44. The number of non-ortho nitro benzene ring substituents is 1. The van der Waals surface area contributed by atoms with E-state index < -0.39 is 15.6 Å². The Morgan fingerprint density at radius 1 is 1.04 bits per heavy atom. The highest BCUT2D eigenvalue weighted by Crippen LogP contribution is 2.33. The average molecular weight is 327 g/mol. The number of carbonyl (C=O) groups excluding carboxylic acids is 1. The van der Waals surface area contributed by atoms with Gasteiger partial charge in [-0.3, -0.25) is 25.0 Å². The Labute approximate surface area is 136 Å². The number of hydrogen-bond acceptors (Lipinski definition) is 6. The van der Waals surface area contributed by atoms with Crippen LogP contribution in [0.5, 0.6) is 0 Å². The number of benzene rings is 2. The van der Waals surface area contributed by atoms with E-state index in [4.69, 9.17) is 5.41 Å². The Morgan fingerprint density at radius 3 is 2.17 bits per heavy atom. The minimum Gasteiger partial charge on any atom is -0.301 e. The Hall–Kier alpha value is -3.42. The minimum absolute atomic E-state index is 0.0240. The van der Waals surface area contributed by atoms with Crippen LogP contribution in [0.25, 0.3) is 11.1 Å². The lowest BCUT2D eigenvalue weighted by atomic mass is 9.99. The van der Waals surface area contributed by atoms with E-state index in [0.29, 0.717) is 17.5 Å². The molecule has 0 saturated carbocycles. The van der Waals surface area contributed by atoms with Crippen LogP contribution in [0.15, 0.2) is 42.5 Å². The van der Waals surface area contributed by atoms with E-state index in [9.17, 15) is 25.0 Å². The molecule has 8 nitrogen and oxygen atoms in total. The van der Waals surface area contributed by atoms with Crippen LogP contribution < -0.4 is 0 Å². The van der Waals surface area contributed by atoms with Crippen molar-refractivity contribution in [1.29, 1.82) is 5.41 Å². The van der Waals surface area contributed by atoms with E-state index in [2.05, 4.69) is 0 Å². The van der Waals surface area contributed by atoms with E-state index in [1.807, 2.05) is 0 Å². The number of nitrogens with zero attached hydrogens (tertiary/aromatic N) is 2. The van der Waals surface area contributed by atoms with Gasteiger partial charge < -0.3 is 5.41 Å². The Kier molecular flexibility index (Phi) is 4.78. The van der Waals surface area contributed by atoms with Crippen LogP contribution in [-0.4, -0.2) is 21.3 Å². The van der Waals surface area contributed by atoms with Crippen molar-refractivity contribution in [2.45, 2.75) is 13.3 Å². The van der Waals surface area contributed by atoms with Crippen LogP contribution in [-0.2, 0) is 0 Å². The molecule has 0 bridgehead atoms. The Morgan fingerprint density at radius 2 is 1.67 bits per heavy atom. The lowest BCUT2D eigenvalue weighted by molar-refractivity contribution is -0.393. The van der Waals surface area contributed by atoms with Crippen molar-refractivity contribution in [3.8, 4) is 11.1 Å². The summed E-state index contributed by atoms with van der Waals surface area (Å²) in [6, 6.07) is 9.39. The monoisotopic (exact) mass is 327 g/mol. The van der Waals surface area contributed by atoms with E-state index in [1.165, 1.54) is 36.4 Å². The van der Waals surface area contributed by atoms with Crippen molar-refractivity contribution in [2.24, 2.45) is 0 Å². The summed E-state index contributed by atoms with van der Waals surface area (Å²) in [7, 11) is 0. The number of nitrogens with one attached hydrogen (secondary N) is 1. The van der Waals surface area contributed by atoms with Gasteiger partial charge in [0, 0.05) is 11.6 Å². The second kappa shape index (κ2) is 6.78. The standard InChI is InChI=1S/C16H13N3O5/c1-2-14(17)16(20)11-5-3-10(4-6-11)13-8-7-12(18(21)22)9-15(13)19(23)24/h3-9,17H,2H2,1H3. The summed E-state index contributed by atoms with van der Waals surface area (Å²) in [5, 5.41) is 29.5. The maximum absolute atomic E-state index is 11.9. The molecule has 0 atom stereocenters. The molecule has 0 radical (unpaired) electrons. The number of rotatable bonds is 6. The summed E-state index contributed by atoms with van der Waals surface area (Å²) < 4.78 is 0. The Balaban J connectivity index is 2.45. The van der Waals surface area contributed by atoms with Gasteiger partial charge in [0.25, 0.3) is 11.4 Å². The normalized spacial score (nSPS) is 10.2. The molecule has 0 aliphatic carbocycles. The summed E-state index contributed by atoms with van der Waals surface area (Å²) in [4.78, 5) is 32.5. The molecule has 0 unspecified atom stereocenters. The number of Topliss-reactive ketones (excluding diaryl/α,β-unsaturated/α-hetero) is 1. The van der Waals surface area contributed by atoms with Crippen molar-refractivity contribution >= 4 is 22.9 Å². The van der Waals surface area contributed by atoms with Crippen molar-refractivity contribution in [3.63, 3.8) is 0 Å². The van der Waals surface area contributed by atoms with Crippen molar-refractivity contribution in [3.05, 3.63) is 68.3 Å². The van der Waals surface area contributed by atoms with Gasteiger partial charge in [-0.1, -0.05) is 31.2 Å². The van der Waals surface area contributed by atoms with Gasteiger partial charge in [0.05, 0.1) is 27.2 Å². The van der Waals surface area contributed by atoms with Crippen LogP contribution in [0.1, 0.15) is 23.7 Å². The van der Waals surface area contributed by atoms with Crippen molar-refractivity contribution in [1.82, 2.24) is 0 Å². The fourth-order valence-electron chi connectivity index (χ4n) is 2.16. The molecule has 2 aromatic carbocycles. The first-order valence-corrected chi connectivity index (χ1v) is 7.00. The van der Waals surface area contributed by atoms with E-state index in [-0.39, 0.29) is 22.6 Å². The summed E-state index contributed by atoms with van der Waals surface area (Å²) in [5.41, 5.74) is 0.212. The number of nitro groups is 2. The third-order valence-electron chi connectivity index (χ3n) is 3.47. The smallest absolute Gasteiger partial charge is 0.284 e. The van der Waals surface area contributed by atoms with Gasteiger partial charge in [0.1, 0.15) is 0 Å². The zero-order chi connectivity index (χ0) is 17.9. The van der Waals surface area contributed by atoms with E-state index in [0.717, 1.165) is 6.07 Å². The summed E-state index contributed by atoms with van der Waals surface area (Å²) in [5.74, 6) is -0.401. The fraction of sp³-hybridized carbons (Fsp3) is 0.125. The first-order chi connectivity index (χ1) is 11.3. The maximum atomic E-state index is 11.9. The van der Waals surface area contributed by atoms with Gasteiger partial charge >= 0.3 is 0 Å². The first kappa shape index (κ1) is 16.9. The molecule has 0 aromatic heterocycles. The van der Waals surface area contributed by atoms with Gasteiger partial charge in [-0.05, 0) is 18.1 Å². The average Bonchev–Trinajstić information content (AvgIpc) is 2.59. The lowest BCUT2D eigenvalue weighted by Gasteiger charge is -2.05. The molecule has 0 amide bonds. The second-order valence-electron chi connectivity index (χ2n) is 4.95. The highest BCUT2D eigenvalue weighted by Gasteiger charge is 2.20. The molecular weight excluding hydrogens is 314 g/mol. The number of ketones is 1. The van der Waals surface area contributed by atoms with Crippen LogP contribution in [0.4, 0.5) is 11.4 Å². The zero-order valence-corrected chi connectivity index (χ0v) is 12.7.